The van der Waals surface area contributed by atoms with Crippen molar-refractivity contribution in [3.8, 4) is 17.4 Å². The van der Waals surface area contributed by atoms with E-state index in [2.05, 4.69) is 5.10 Å². The van der Waals surface area contributed by atoms with Crippen molar-refractivity contribution in [3.63, 3.8) is 0 Å². The predicted octanol–water partition coefficient (Wildman–Crippen LogP) is 4.12. The highest BCUT2D eigenvalue weighted by Crippen LogP contribution is 2.26. The molecule has 1 amide bonds. The lowest BCUT2D eigenvalue weighted by molar-refractivity contribution is -0.125. The highest BCUT2D eigenvalue weighted by atomic mass is 35.5. The van der Waals surface area contributed by atoms with Crippen LogP contribution in [0.15, 0.2) is 51.5 Å². The van der Waals surface area contributed by atoms with Crippen LogP contribution in [0.3, 0.4) is 0 Å². The standard InChI is InChI=1S/C18H14ClN3O2/c1-12-16(18(23)22(21-12)10-2-9-20)11-15-7-8-17(24-15)13-3-5-14(19)6-4-13/h3-8,11H,2,10H2,1H3/b16-11+. The van der Waals surface area contributed by atoms with Crippen LogP contribution < -0.4 is 0 Å². The Morgan fingerprint density at radius 3 is 2.75 bits per heavy atom. The van der Waals surface area contributed by atoms with Crippen molar-refractivity contribution in [2.24, 2.45) is 5.10 Å². The molecule has 0 spiro atoms. The van der Waals surface area contributed by atoms with E-state index in [-0.39, 0.29) is 18.9 Å². The second-order valence-electron chi connectivity index (χ2n) is 5.29. The summed E-state index contributed by atoms with van der Waals surface area (Å²) in [7, 11) is 0. The lowest BCUT2D eigenvalue weighted by Crippen LogP contribution is -2.22. The Labute approximate surface area is 144 Å². The van der Waals surface area contributed by atoms with Crippen LogP contribution in [0, 0.1) is 11.3 Å². The lowest BCUT2D eigenvalue weighted by Gasteiger charge is -2.08. The number of furan rings is 1. The summed E-state index contributed by atoms with van der Waals surface area (Å²) in [6.45, 7) is 2.05. The van der Waals surface area contributed by atoms with Gasteiger partial charge in [0.1, 0.15) is 11.5 Å². The van der Waals surface area contributed by atoms with Gasteiger partial charge in [0, 0.05) is 10.6 Å². The molecular formula is C18H14ClN3O2. The summed E-state index contributed by atoms with van der Waals surface area (Å²) in [5, 5.41) is 14.8. The normalized spacial score (nSPS) is 15.7. The Morgan fingerprint density at radius 1 is 1.29 bits per heavy atom. The van der Waals surface area contributed by atoms with E-state index < -0.39 is 0 Å². The number of hydrogen-bond acceptors (Lipinski definition) is 4. The summed E-state index contributed by atoms with van der Waals surface area (Å²) < 4.78 is 5.79. The van der Waals surface area contributed by atoms with Crippen LogP contribution in [0.25, 0.3) is 17.4 Å². The molecule has 24 heavy (non-hydrogen) atoms. The SMILES string of the molecule is CC1=NN(CCC#N)C(=O)/C1=C/c1ccc(-c2ccc(Cl)cc2)o1. The molecule has 0 N–H and O–H groups in total. The number of halogens is 1. The summed E-state index contributed by atoms with van der Waals surface area (Å²) in [4.78, 5) is 12.3. The maximum atomic E-state index is 12.3. The molecule has 1 aliphatic heterocycles. The highest BCUT2D eigenvalue weighted by Gasteiger charge is 2.27. The van der Waals surface area contributed by atoms with Crippen LogP contribution in [-0.4, -0.2) is 23.2 Å². The maximum absolute atomic E-state index is 12.3. The zero-order valence-electron chi connectivity index (χ0n) is 13.0. The van der Waals surface area contributed by atoms with E-state index in [1.165, 1.54) is 5.01 Å². The quantitative estimate of drug-likeness (QED) is 0.787. The number of nitriles is 1. The van der Waals surface area contributed by atoms with Crippen molar-refractivity contribution in [2.45, 2.75) is 13.3 Å². The minimum Gasteiger partial charge on any atom is -0.457 e. The molecular weight excluding hydrogens is 326 g/mol. The Kier molecular flexibility index (Phi) is 4.50. The number of carbonyl (C=O) groups is 1. The van der Waals surface area contributed by atoms with Gasteiger partial charge in [-0.25, -0.2) is 5.01 Å². The summed E-state index contributed by atoms with van der Waals surface area (Å²) >= 11 is 5.88. The van der Waals surface area contributed by atoms with Crippen LogP contribution in [0.2, 0.25) is 5.02 Å². The Hall–Kier alpha value is -2.84. The molecule has 0 bridgehead atoms. The minimum atomic E-state index is -0.216. The van der Waals surface area contributed by atoms with Gasteiger partial charge >= 0.3 is 0 Å². The first-order valence-corrected chi connectivity index (χ1v) is 7.78. The molecule has 0 saturated carbocycles. The van der Waals surface area contributed by atoms with E-state index in [0.717, 1.165) is 5.56 Å². The zero-order valence-corrected chi connectivity index (χ0v) is 13.7. The number of rotatable bonds is 4. The van der Waals surface area contributed by atoms with E-state index in [1.807, 2.05) is 24.3 Å². The number of carbonyl (C=O) groups excluding carboxylic acids is 1. The molecule has 0 radical (unpaired) electrons. The van der Waals surface area contributed by atoms with Crippen molar-refractivity contribution in [1.82, 2.24) is 5.01 Å². The van der Waals surface area contributed by atoms with Crippen molar-refractivity contribution < 1.29 is 9.21 Å². The molecule has 1 aromatic carbocycles. The molecule has 0 atom stereocenters. The molecule has 0 saturated heterocycles. The van der Waals surface area contributed by atoms with Gasteiger partial charge in [0.05, 0.1) is 30.3 Å². The first-order chi connectivity index (χ1) is 11.6. The first kappa shape index (κ1) is 16.0. The molecule has 0 aliphatic carbocycles. The van der Waals surface area contributed by atoms with Gasteiger partial charge in [-0.1, -0.05) is 11.6 Å². The second-order valence-corrected chi connectivity index (χ2v) is 5.73. The van der Waals surface area contributed by atoms with Crippen molar-refractivity contribution >= 4 is 29.3 Å². The van der Waals surface area contributed by atoms with Gasteiger partial charge in [-0.15, -0.1) is 0 Å². The van der Waals surface area contributed by atoms with Gasteiger partial charge in [-0.05, 0) is 49.4 Å². The van der Waals surface area contributed by atoms with E-state index in [4.69, 9.17) is 21.3 Å². The number of amides is 1. The van der Waals surface area contributed by atoms with Gasteiger partial charge in [-0.3, -0.25) is 4.79 Å². The smallest absolute Gasteiger partial charge is 0.276 e. The third-order valence-electron chi connectivity index (χ3n) is 3.60. The number of benzene rings is 1. The maximum Gasteiger partial charge on any atom is 0.276 e. The fraction of sp³-hybridized carbons (Fsp3) is 0.167. The van der Waals surface area contributed by atoms with Crippen LogP contribution in [-0.2, 0) is 4.79 Å². The molecule has 1 aliphatic rings. The van der Waals surface area contributed by atoms with E-state index in [9.17, 15) is 4.79 Å². The van der Waals surface area contributed by atoms with Crippen molar-refractivity contribution in [2.75, 3.05) is 6.54 Å². The van der Waals surface area contributed by atoms with Gasteiger partial charge in [0.25, 0.3) is 5.91 Å². The first-order valence-electron chi connectivity index (χ1n) is 7.40. The highest BCUT2D eigenvalue weighted by molar-refractivity contribution is 6.30. The van der Waals surface area contributed by atoms with Gasteiger partial charge < -0.3 is 4.42 Å². The van der Waals surface area contributed by atoms with E-state index >= 15 is 0 Å². The predicted molar refractivity (Wildman–Crippen MR) is 92.2 cm³/mol. The summed E-state index contributed by atoms with van der Waals surface area (Å²) in [6, 6.07) is 13.0. The number of nitrogens with zero attached hydrogens (tertiary/aromatic N) is 3. The van der Waals surface area contributed by atoms with Crippen molar-refractivity contribution in [1.29, 1.82) is 5.26 Å². The fourth-order valence-corrected chi connectivity index (χ4v) is 2.52. The summed E-state index contributed by atoms with van der Waals surface area (Å²) in [5.41, 5.74) is 2.00. The average molecular weight is 340 g/mol. The molecule has 2 aromatic rings. The van der Waals surface area contributed by atoms with Crippen LogP contribution in [0.1, 0.15) is 19.1 Å². The average Bonchev–Trinajstić information content (AvgIpc) is 3.14. The molecule has 120 valence electrons. The lowest BCUT2D eigenvalue weighted by atomic mass is 10.1. The summed E-state index contributed by atoms with van der Waals surface area (Å²) in [6.07, 6.45) is 1.92. The molecule has 1 aromatic heterocycles. The fourth-order valence-electron chi connectivity index (χ4n) is 2.39. The van der Waals surface area contributed by atoms with Crippen molar-refractivity contribution in [3.05, 3.63) is 52.8 Å². The largest absolute Gasteiger partial charge is 0.457 e. The molecule has 0 fully saturated rings. The topological polar surface area (TPSA) is 69.6 Å². The summed E-state index contributed by atoms with van der Waals surface area (Å²) in [5.74, 6) is 1.05. The Balaban J connectivity index is 1.82. The van der Waals surface area contributed by atoms with Crippen LogP contribution >= 0.6 is 11.6 Å². The monoisotopic (exact) mass is 339 g/mol. The van der Waals surface area contributed by atoms with Gasteiger partial charge in [0.2, 0.25) is 0 Å². The molecule has 5 nitrogen and oxygen atoms in total. The number of hydrogen-bond donors (Lipinski definition) is 0. The zero-order chi connectivity index (χ0) is 17.1. The van der Waals surface area contributed by atoms with Gasteiger partial charge in [-0.2, -0.15) is 10.4 Å². The number of hydrazone groups is 1. The third-order valence-corrected chi connectivity index (χ3v) is 3.85. The second kappa shape index (κ2) is 6.73. The molecule has 2 heterocycles. The van der Waals surface area contributed by atoms with Crippen LogP contribution in [0.5, 0.6) is 0 Å². The molecule has 3 rings (SSSR count). The molecule has 0 unspecified atom stereocenters. The van der Waals surface area contributed by atoms with Crippen LogP contribution in [0.4, 0.5) is 0 Å². The Bertz CT molecular complexity index is 872. The van der Waals surface area contributed by atoms with E-state index in [0.29, 0.717) is 27.8 Å². The molecule has 6 heteroatoms. The minimum absolute atomic E-state index is 0.216. The van der Waals surface area contributed by atoms with Gasteiger partial charge in [0.15, 0.2) is 0 Å². The third kappa shape index (κ3) is 3.24. The van der Waals surface area contributed by atoms with E-state index in [1.54, 1.807) is 31.2 Å². The Morgan fingerprint density at radius 2 is 2.04 bits per heavy atom.